The number of hydrogen-bond donors (Lipinski definition) is 1. The Bertz CT molecular complexity index is 850. The number of anilines is 3. The van der Waals surface area contributed by atoms with Gasteiger partial charge in [-0.2, -0.15) is 4.98 Å². The van der Waals surface area contributed by atoms with E-state index < -0.39 is 0 Å². The molecule has 1 aromatic heterocycles. The molecular formula is C20H21ClN4. The van der Waals surface area contributed by atoms with Crippen LogP contribution in [0.1, 0.15) is 18.1 Å². The Morgan fingerprint density at radius 2 is 1.92 bits per heavy atom. The van der Waals surface area contributed by atoms with Crippen molar-refractivity contribution in [3.05, 3.63) is 76.9 Å². The standard InChI is InChI=1S/C20H21ClN4/c1-3-25(17-9-6-7-15(2)13-17)19-11-12-22-20(24-19)23-14-16-8-4-5-10-18(16)21/h4-13H,3,14H2,1-2H3,(H,22,23,24). The molecule has 0 unspecified atom stereocenters. The summed E-state index contributed by atoms with van der Waals surface area (Å²) in [5, 5.41) is 3.99. The number of benzene rings is 2. The molecule has 0 aliphatic heterocycles. The van der Waals surface area contributed by atoms with E-state index >= 15 is 0 Å². The topological polar surface area (TPSA) is 41.1 Å². The van der Waals surface area contributed by atoms with Crippen LogP contribution in [0.15, 0.2) is 60.8 Å². The lowest BCUT2D eigenvalue weighted by molar-refractivity contribution is 0.965. The summed E-state index contributed by atoms with van der Waals surface area (Å²) >= 11 is 6.20. The monoisotopic (exact) mass is 352 g/mol. The number of hydrogen-bond acceptors (Lipinski definition) is 4. The Morgan fingerprint density at radius 3 is 2.68 bits per heavy atom. The highest BCUT2D eigenvalue weighted by Crippen LogP contribution is 2.24. The van der Waals surface area contributed by atoms with Crippen molar-refractivity contribution in [1.29, 1.82) is 0 Å². The van der Waals surface area contributed by atoms with E-state index in [2.05, 4.69) is 58.3 Å². The molecule has 0 radical (unpaired) electrons. The molecule has 0 bridgehead atoms. The molecule has 1 N–H and O–H groups in total. The van der Waals surface area contributed by atoms with Crippen molar-refractivity contribution >= 4 is 29.1 Å². The van der Waals surface area contributed by atoms with Crippen LogP contribution in [0.2, 0.25) is 5.02 Å². The summed E-state index contributed by atoms with van der Waals surface area (Å²) in [6, 6.07) is 18.1. The fraction of sp³-hybridized carbons (Fsp3) is 0.200. The van der Waals surface area contributed by atoms with Gasteiger partial charge < -0.3 is 10.2 Å². The molecule has 0 aliphatic carbocycles. The maximum absolute atomic E-state index is 6.20. The minimum absolute atomic E-state index is 0.583. The molecule has 0 aliphatic rings. The van der Waals surface area contributed by atoms with Crippen molar-refractivity contribution in [3.63, 3.8) is 0 Å². The zero-order valence-corrected chi connectivity index (χ0v) is 15.2. The maximum Gasteiger partial charge on any atom is 0.224 e. The summed E-state index contributed by atoms with van der Waals surface area (Å²) in [6.45, 7) is 5.61. The molecule has 3 aromatic rings. The maximum atomic E-state index is 6.20. The predicted molar refractivity (Wildman–Crippen MR) is 105 cm³/mol. The lowest BCUT2D eigenvalue weighted by atomic mass is 10.2. The van der Waals surface area contributed by atoms with Gasteiger partial charge in [0, 0.05) is 30.0 Å². The van der Waals surface area contributed by atoms with Crippen LogP contribution in [0, 0.1) is 6.92 Å². The molecular weight excluding hydrogens is 332 g/mol. The van der Waals surface area contributed by atoms with Gasteiger partial charge in [0.05, 0.1) is 0 Å². The number of nitrogens with one attached hydrogen (secondary N) is 1. The summed E-state index contributed by atoms with van der Waals surface area (Å²) < 4.78 is 0. The molecule has 25 heavy (non-hydrogen) atoms. The van der Waals surface area contributed by atoms with Gasteiger partial charge in [-0.25, -0.2) is 4.98 Å². The van der Waals surface area contributed by atoms with Crippen LogP contribution in [0.25, 0.3) is 0 Å². The minimum atomic E-state index is 0.583. The first-order valence-electron chi connectivity index (χ1n) is 8.32. The molecule has 0 fully saturated rings. The number of halogens is 1. The van der Waals surface area contributed by atoms with E-state index in [4.69, 9.17) is 11.6 Å². The second-order valence-corrected chi connectivity index (χ2v) is 6.17. The second-order valence-electron chi connectivity index (χ2n) is 5.77. The van der Waals surface area contributed by atoms with E-state index in [-0.39, 0.29) is 0 Å². The Balaban J connectivity index is 1.79. The minimum Gasteiger partial charge on any atom is -0.350 e. The quantitative estimate of drug-likeness (QED) is 0.661. The summed E-state index contributed by atoms with van der Waals surface area (Å²) in [7, 11) is 0. The third-order valence-electron chi connectivity index (χ3n) is 3.94. The van der Waals surface area contributed by atoms with Gasteiger partial charge in [-0.1, -0.05) is 41.9 Å². The first kappa shape index (κ1) is 17.2. The lowest BCUT2D eigenvalue weighted by Gasteiger charge is -2.22. The van der Waals surface area contributed by atoms with Crippen molar-refractivity contribution < 1.29 is 0 Å². The molecule has 0 saturated carbocycles. The van der Waals surface area contributed by atoms with Crippen LogP contribution in [-0.2, 0) is 6.54 Å². The van der Waals surface area contributed by atoms with E-state index in [0.717, 1.165) is 28.6 Å². The summed E-state index contributed by atoms with van der Waals surface area (Å²) in [5.41, 5.74) is 3.37. The van der Waals surface area contributed by atoms with Crippen molar-refractivity contribution in [3.8, 4) is 0 Å². The normalized spacial score (nSPS) is 10.5. The van der Waals surface area contributed by atoms with E-state index in [1.165, 1.54) is 5.56 Å². The Hall–Kier alpha value is -2.59. The van der Waals surface area contributed by atoms with E-state index in [1.807, 2.05) is 30.3 Å². The highest BCUT2D eigenvalue weighted by atomic mass is 35.5. The van der Waals surface area contributed by atoms with Crippen molar-refractivity contribution in [2.75, 3.05) is 16.8 Å². The van der Waals surface area contributed by atoms with Gasteiger partial charge in [-0.05, 0) is 49.2 Å². The van der Waals surface area contributed by atoms with Crippen LogP contribution in [0.3, 0.4) is 0 Å². The Morgan fingerprint density at radius 1 is 1.08 bits per heavy atom. The van der Waals surface area contributed by atoms with Gasteiger partial charge >= 0.3 is 0 Å². The van der Waals surface area contributed by atoms with Gasteiger partial charge in [-0.15, -0.1) is 0 Å². The lowest BCUT2D eigenvalue weighted by Crippen LogP contribution is -2.18. The molecule has 0 atom stereocenters. The van der Waals surface area contributed by atoms with Gasteiger partial charge in [0.1, 0.15) is 5.82 Å². The van der Waals surface area contributed by atoms with E-state index in [9.17, 15) is 0 Å². The molecule has 0 spiro atoms. The predicted octanol–water partition coefficient (Wildman–Crippen LogP) is 5.21. The van der Waals surface area contributed by atoms with Crippen LogP contribution >= 0.6 is 11.6 Å². The first-order chi connectivity index (χ1) is 12.2. The molecule has 128 valence electrons. The summed E-state index contributed by atoms with van der Waals surface area (Å²) in [5.74, 6) is 1.45. The number of aryl methyl sites for hydroxylation is 1. The van der Waals surface area contributed by atoms with Crippen LogP contribution < -0.4 is 10.2 Å². The third kappa shape index (κ3) is 4.28. The Kier molecular flexibility index (Phi) is 5.51. The molecule has 4 nitrogen and oxygen atoms in total. The highest BCUT2D eigenvalue weighted by molar-refractivity contribution is 6.31. The molecule has 3 rings (SSSR count). The Labute approximate surface area is 153 Å². The van der Waals surface area contributed by atoms with Gasteiger partial charge in [0.15, 0.2) is 0 Å². The van der Waals surface area contributed by atoms with Crippen LogP contribution in [0.4, 0.5) is 17.5 Å². The highest BCUT2D eigenvalue weighted by Gasteiger charge is 2.10. The second kappa shape index (κ2) is 7.99. The van der Waals surface area contributed by atoms with Gasteiger partial charge in [-0.3, -0.25) is 0 Å². The molecule has 0 amide bonds. The zero-order chi connectivity index (χ0) is 17.6. The average molecular weight is 353 g/mol. The number of rotatable bonds is 6. The van der Waals surface area contributed by atoms with Gasteiger partial charge in [0.2, 0.25) is 5.95 Å². The molecule has 5 heteroatoms. The van der Waals surface area contributed by atoms with Crippen molar-refractivity contribution in [2.45, 2.75) is 20.4 Å². The number of aromatic nitrogens is 2. The fourth-order valence-corrected chi connectivity index (χ4v) is 2.88. The first-order valence-corrected chi connectivity index (χ1v) is 8.69. The summed E-state index contributed by atoms with van der Waals surface area (Å²) in [6.07, 6.45) is 1.77. The largest absolute Gasteiger partial charge is 0.350 e. The van der Waals surface area contributed by atoms with Gasteiger partial charge in [0.25, 0.3) is 0 Å². The summed E-state index contributed by atoms with van der Waals surface area (Å²) in [4.78, 5) is 11.1. The van der Waals surface area contributed by atoms with E-state index in [1.54, 1.807) is 6.20 Å². The molecule has 2 aromatic carbocycles. The van der Waals surface area contributed by atoms with Crippen LogP contribution in [0.5, 0.6) is 0 Å². The number of nitrogens with zero attached hydrogens (tertiary/aromatic N) is 3. The molecule has 0 saturated heterocycles. The average Bonchev–Trinajstić information content (AvgIpc) is 2.62. The SMILES string of the molecule is CCN(c1cccc(C)c1)c1ccnc(NCc2ccccc2Cl)n1. The third-order valence-corrected chi connectivity index (χ3v) is 4.31. The van der Waals surface area contributed by atoms with Crippen molar-refractivity contribution in [1.82, 2.24) is 9.97 Å². The van der Waals surface area contributed by atoms with E-state index in [0.29, 0.717) is 12.5 Å². The van der Waals surface area contributed by atoms with Crippen LogP contribution in [-0.4, -0.2) is 16.5 Å². The fourth-order valence-electron chi connectivity index (χ4n) is 2.67. The molecule has 1 heterocycles. The zero-order valence-electron chi connectivity index (χ0n) is 14.4. The smallest absolute Gasteiger partial charge is 0.224 e. The van der Waals surface area contributed by atoms with Crippen molar-refractivity contribution in [2.24, 2.45) is 0 Å².